The van der Waals surface area contributed by atoms with Crippen LogP contribution >= 0.6 is 0 Å². The van der Waals surface area contributed by atoms with Gasteiger partial charge in [0, 0.05) is 31.4 Å². The van der Waals surface area contributed by atoms with E-state index >= 15 is 0 Å². The van der Waals surface area contributed by atoms with Gasteiger partial charge in [-0.15, -0.1) is 0 Å². The SMILES string of the molecule is Cc1cc(C)c(C)c(S(=O)(=O)N2CCC(C(=O)N(C)C(C)c3cc4ccccc4o3)CC2)c1C. The van der Waals surface area contributed by atoms with Crippen LogP contribution in [-0.2, 0) is 14.8 Å². The molecule has 7 heteroatoms. The normalized spacial score (nSPS) is 16.6. The number of aryl methyl sites for hydroxylation is 2. The number of piperidine rings is 1. The Morgan fingerprint density at radius 3 is 2.21 bits per heavy atom. The molecule has 0 saturated carbocycles. The first-order valence-electron chi connectivity index (χ1n) is 11.8. The minimum absolute atomic E-state index is 0.0313. The van der Waals surface area contributed by atoms with Crippen molar-refractivity contribution < 1.29 is 17.6 Å². The van der Waals surface area contributed by atoms with Crippen LogP contribution in [0.3, 0.4) is 0 Å². The molecule has 182 valence electrons. The van der Waals surface area contributed by atoms with Crippen LogP contribution in [0.1, 0.15) is 53.8 Å². The van der Waals surface area contributed by atoms with Gasteiger partial charge in [-0.3, -0.25) is 4.79 Å². The summed E-state index contributed by atoms with van der Waals surface area (Å²) in [5, 5.41) is 1.01. The molecule has 0 N–H and O–H groups in total. The largest absolute Gasteiger partial charge is 0.459 e. The zero-order chi connectivity index (χ0) is 24.8. The Bertz CT molecular complexity index is 1270. The van der Waals surface area contributed by atoms with Crippen LogP contribution in [0.15, 0.2) is 45.7 Å². The number of amides is 1. The Labute approximate surface area is 202 Å². The number of fused-ring (bicyclic) bond motifs is 1. The number of hydrogen-bond acceptors (Lipinski definition) is 4. The lowest BCUT2D eigenvalue weighted by Crippen LogP contribution is -2.44. The van der Waals surface area contributed by atoms with Crippen molar-refractivity contribution in [1.82, 2.24) is 9.21 Å². The maximum absolute atomic E-state index is 13.5. The quantitative estimate of drug-likeness (QED) is 0.496. The number of furan rings is 1. The summed E-state index contributed by atoms with van der Waals surface area (Å²) in [6.45, 7) is 10.3. The van der Waals surface area contributed by atoms with Crippen molar-refractivity contribution in [3.63, 3.8) is 0 Å². The minimum Gasteiger partial charge on any atom is -0.459 e. The zero-order valence-electron chi connectivity index (χ0n) is 20.9. The van der Waals surface area contributed by atoms with Gasteiger partial charge in [0.15, 0.2) is 0 Å². The highest BCUT2D eigenvalue weighted by atomic mass is 32.2. The Morgan fingerprint density at radius 2 is 1.62 bits per heavy atom. The van der Waals surface area contributed by atoms with Crippen LogP contribution in [0.4, 0.5) is 0 Å². The summed E-state index contributed by atoms with van der Waals surface area (Å²) < 4.78 is 34.6. The standard InChI is InChI=1S/C27H34N2O4S/c1-17-15-18(2)20(4)26(19(17)3)34(31,32)29-13-11-22(12-14-29)27(30)28(6)21(5)25-16-23-9-7-8-10-24(23)33-25/h7-10,15-16,21-22H,11-14H2,1-6H3. The monoisotopic (exact) mass is 482 g/mol. The van der Waals surface area contributed by atoms with E-state index in [1.807, 2.05) is 71.0 Å². The third-order valence-corrected chi connectivity index (χ3v) is 9.66. The molecule has 1 saturated heterocycles. The summed E-state index contributed by atoms with van der Waals surface area (Å²) in [5.41, 5.74) is 4.38. The molecule has 6 nitrogen and oxygen atoms in total. The van der Waals surface area contributed by atoms with Gasteiger partial charge >= 0.3 is 0 Å². The second-order valence-corrected chi connectivity index (χ2v) is 11.5. The highest BCUT2D eigenvalue weighted by molar-refractivity contribution is 7.89. The first-order valence-corrected chi connectivity index (χ1v) is 13.3. The molecular weight excluding hydrogens is 448 g/mol. The maximum atomic E-state index is 13.5. The minimum atomic E-state index is -3.62. The predicted molar refractivity (Wildman–Crippen MR) is 134 cm³/mol. The maximum Gasteiger partial charge on any atom is 0.243 e. The lowest BCUT2D eigenvalue weighted by Gasteiger charge is -2.34. The third kappa shape index (κ3) is 4.27. The van der Waals surface area contributed by atoms with Gasteiger partial charge in [-0.25, -0.2) is 8.42 Å². The highest BCUT2D eigenvalue weighted by Crippen LogP contribution is 2.33. The fourth-order valence-electron chi connectivity index (χ4n) is 4.92. The van der Waals surface area contributed by atoms with E-state index in [-0.39, 0.29) is 17.9 Å². The van der Waals surface area contributed by atoms with Crippen LogP contribution in [0, 0.1) is 33.6 Å². The number of carbonyl (C=O) groups is 1. The lowest BCUT2D eigenvalue weighted by atomic mass is 9.96. The van der Waals surface area contributed by atoms with Crippen LogP contribution in [0.25, 0.3) is 11.0 Å². The number of sulfonamides is 1. The highest BCUT2D eigenvalue weighted by Gasteiger charge is 2.36. The van der Waals surface area contributed by atoms with Crippen molar-refractivity contribution in [2.24, 2.45) is 5.92 Å². The van der Waals surface area contributed by atoms with Gasteiger partial charge in [0.1, 0.15) is 11.3 Å². The molecule has 1 amide bonds. The molecule has 2 heterocycles. The Hall–Kier alpha value is -2.64. The molecule has 3 aromatic rings. The van der Waals surface area contributed by atoms with E-state index in [2.05, 4.69) is 0 Å². The fraction of sp³-hybridized carbons (Fsp3) is 0.444. The molecule has 0 spiro atoms. The van der Waals surface area contributed by atoms with E-state index in [1.54, 1.807) is 16.3 Å². The molecule has 1 fully saturated rings. The molecule has 0 bridgehead atoms. The smallest absolute Gasteiger partial charge is 0.243 e. The van der Waals surface area contributed by atoms with Crippen molar-refractivity contribution in [1.29, 1.82) is 0 Å². The second-order valence-electron chi connectivity index (χ2n) is 9.58. The van der Waals surface area contributed by atoms with Crippen molar-refractivity contribution in [3.8, 4) is 0 Å². The zero-order valence-corrected chi connectivity index (χ0v) is 21.7. The van der Waals surface area contributed by atoms with Crippen molar-refractivity contribution in [3.05, 3.63) is 64.4 Å². The van der Waals surface area contributed by atoms with Gasteiger partial charge in [-0.05, 0) is 81.8 Å². The molecule has 2 aromatic carbocycles. The van der Waals surface area contributed by atoms with E-state index in [1.165, 1.54) is 0 Å². The average molecular weight is 483 g/mol. The van der Waals surface area contributed by atoms with Gasteiger partial charge in [-0.1, -0.05) is 24.3 Å². The summed E-state index contributed by atoms with van der Waals surface area (Å²) in [7, 11) is -1.82. The molecular formula is C27H34N2O4S. The summed E-state index contributed by atoms with van der Waals surface area (Å²) >= 11 is 0. The first-order chi connectivity index (χ1) is 16.0. The van der Waals surface area contributed by atoms with Crippen molar-refractivity contribution in [2.75, 3.05) is 20.1 Å². The van der Waals surface area contributed by atoms with Crippen LogP contribution in [-0.4, -0.2) is 43.7 Å². The van der Waals surface area contributed by atoms with Crippen LogP contribution in [0.2, 0.25) is 0 Å². The molecule has 1 aliphatic heterocycles. The summed E-state index contributed by atoms with van der Waals surface area (Å²) in [4.78, 5) is 15.4. The van der Waals surface area contributed by atoms with Gasteiger partial charge < -0.3 is 9.32 Å². The average Bonchev–Trinajstić information content (AvgIpc) is 3.26. The van der Waals surface area contributed by atoms with Crippen LogP contribution < -0.4 is 0 Å². The summed E-state index contributed by atoms with van der Waals surface area (Å²) in [5.74, 6) is 0.575. The molecule has 34 heavy (non-hydrogen) atoms. The third-order valence-electron chi connectivity index (χ3n) is 7.48. The van der Waals surface area contributed by atoms with Crippen molar-refractivity contribution >= 4 is 26.9 Å². The lowest BCUT2D eigenvalue weighted by molar-refractivity contribution is -0.137. The number of nitrogens with zero attached hydrogens (tertiary/aromatic N) is 2. The fourth-order valence-corrected chi connectivity index (χ4v) is 6.96. The van der Waals surface area contributed by atoms with E-state index in [0.717, 1.165) is 39.0 Å². The Balaban J connectivity index is 1.46. The number of hydrogen-bond donors (Lipinski definition) is 0. The van der Waals surface area contributed by atoms with E-state index < -0.39 is 10.0 Å². The van der Waals surface area contributed by atoms with Crippen molar-refractivity contribution in [2.45, 2.75) is 58.4 Å². The number of rotatable bonds is 5. The topological polar surface area (TPSA) is 70.8 Å². The molecule has 1 atom stereocenters. The Morgan fingerprint density at radius 1 is 1.03 bits per heavy atom. The van der Waals surface area contributed by atoms with E-state index in [9.17, 15) is 13.2 Å². The predicted octanol–water partition coefficient (Wildman–Crippen LogP) is 5.29. The van der Waals surface area contributed by atoms with E-state index in [0.29, 0.717) is 30.8 Å². The summed E-state index contributed by atoms with van der Waals surface area (Å²) in [6, 6.07) is 11.6. The molecule has 1 aliphatic rings. The first kappa shape index (κ1) is 24.5. The molecule has 4 rings (SSSR count). The molecule has 1 unspecified atom stereocenters. The summed E-state index contributed by atoms with van der Waals surface area (Å²) in [6.07, 6.45) is 1.02. The molecule has 0 aliphatic carbocycles. The van der Waals surface area contributed by atoms with E-state index in [4.69, 9.17) is 4.42 Å². The number of benzene rings is 2. The second kappa shape index (κ2) is 9.19. The molecule has 1 aromatic heterocycles. The Kier molecular flexibility index (Phi) is 6.62. The van der Waals surface area contributed by atoms with Gasteiger partial charge in [0.05, 0.1) is 10.9 Å². The van der Waals surface area contributed by atoms with Crippen LogP contribution in [0.5, 0.6) is 0 Å². The van der Waals surface area contributed by atoms with Gasteiger partial charge in [0.25, 0.3) is 0 Å². The molecule has 0 radical (unpaired) electrons. The van der Waals surface area contributed by atoms with Gasteiger partial charge in [0.2, 0.25) is 15.9 Å². The number of carbonyl (C=O) groups excluding carboxylic acids is 1. The number of para-hydroxylation sites is 1. The van der Waals surface area contributed by atoms with Gasteiger partial charge in [-0.2, -0.15) is 4.31 Å².